The minimum atomic E-state index is -0.766. The van der Waals surface area contributed by atoms with Gasteiger partial charge in [-0.25, -0.2) is 0 Å². The van der Waals surface area contributed by atoms with Crippen molar-refractivity contribution < 1.29 is 18.8 Å². The minimum Gasteiger partial charge on any atom is -0.497 e. The molecule has 20 heavy (non-hydrogen) atoms. The fourth-order valence-corrected chi connectivity index (χ4v) is 2.18. The Labute approximate surface area is 122 Å². The van der Waals surface area contributed by atoms with Gasteiger partial charge in [0.05, 0.1) is 7.11 Å². The first kappa shape index (κ1) is 16.9. The summed E-state index contributed by atoms with van der Waals surface area (Å²) >= 11 is 0. The second-order valence-corrected chi connectivity index (χ2v) is 6.14. The molecule has 2 unspecified atom stereocenters. The van der Waals surface area contributed by atoms with E-state index in [1.807, 2.05) is 6.92 Å². The van der Waals surface area contributed by atoms with E-state index in [9.17, 15) is 9.32 Å². The van der Waals surface area contributed by atoms with Crippen LogP contribution in [0.4, 0.5) is 0 Å². The van der Waals surface area contributed by atoms with Gasteiger partial charge in [0.2, 0.25) is 0 Å². The SMILES string of the molecule is CCS(=O)CCNCC(O)COc1ccc(OC)cc1. The Morgan fingerprint density at radius 2 is 1.95 bits per heavy atom. The van der Waals surface area contributed by atoms with Crippen molar-refractivity contribution in [2.75, 3.05) is 38.3 Å². The van der Waals surface area contributed by atoms with Crippen LogP contribution in [0.5, 0.6) is 11.5 Å². The lowest BCUT2D eigenvalue weighted by atomic mass is 10.3. The van der Waals surface area contributed by atoms with Crippen LogP contribution < -0.4 is 14.8 Å². The first-order valence-corrected chi connectivity index (χ1v) is 8.15. The molecule has 0 saturated carbocycles. The Morgan fingerprint density at radius 1 is 1.30 bits per heavy atom. The maximum absolute atomic E-state index is 11.2. The molecule has 0 aliphatic rings. The summed E-state index contributed by atoms with van der Waals surface area (Å²) in [6, 6.07) is 7.20. The highest BCUT2D eigenvalue weighted by Gasteiger charge is 2.05. The van der Waals surface area contributed by atoms with Crippen LogP contribution in [0.15, 0.2) is 24.3 Å². The lowest BCUT2D eigenvalue weighted by Crippen LogP contribution is -2.33. The number of aliphatic hydroxyl groups excluding tert-OH is 1. The highest BCUT2D eigenvalue weighted by molar-refractivity contribution is 7.84. The lowest BCUT2D eigenvalue weighted by molar-refractivity contribution is 0.107. The number of rotatable bonds is 10. The summed E-state index contributed by atoms with van der Waals surface area (Å²) in [5.74, 6) is 2.74. The van der Waals surface area contributed by atoms with E-state index in [1.54, 1.807) is 31.4 Å². The van der Waals surface area contributed by atoms with Crippen LogP contribution in [0.25, 0.3) is 0 Å². The molecular formula is C14H23NO4S. The zero-order valence-electron chi connectivity index (χ0n) is 12.0. The quantitative estimate of drug-likeness (QED) is 0.626. The molecule has 2 N–H and O–H groups in total. The summed E-state index contributed by atoms with van der Waals surface area (Å²) in [7, 11) is 0.842. The van der Waals surface area contributed by atoms with Gasteiger partial charge < -0.3 is 19.9 Å². The number of benzene rings is 1. The molecule has 0 aliphatic carbocycles. The van der Waals surface area contributed by atoms with Crippen molar-refractivity contribution in [1.29, 1.82) is 0 Å². The summed E-state index contributed by atoms with van der Waals surface area (Å²) in [5, 5.41) is 12.8. The van der Waals surface area contributed by atoms with Gasteiger partial charge in [0.1, 0.15) is 24.2 Å². The molecule has 1 aromatic carbocycles. The average Bonchev–Trinajstić information content (AvgIpc) is 2.49. The number of aliphatic hydroxyl groups is 1. The van der Waals surface area contributed by atoms with E-state index in [2.05, 4.69) is 5.32 Å². The maximum Gasteiger partial charge on any atom is 0.119 e. The third-order valence-electron chi connectivity index (χ3n) is 2.71. The number of nitrogens with one attached hydrogen (secondary N) is 1. The van der Waals surface area contributed by atoms with Crippen molar-refractivity contribution in [2.45, 2.75) is 13.0 Å². The van der Waals surface area contributed by atoms with E-state index in [1.165, 1.54) is 0 Å². The monoisotopic (exact) mass is 301 g/mol. The molecule has 0 heterocycles. The number of methoxy groups -OCH3 is 1. The van der Waals surface area contributed by atoms with Crippen molar-refractivity contribution in [2.24, 2.45) is 0 Å². The summed E-state index contributed by atoms with van der Waals surface area (Å²) in [6.45, 7) is 3.18. The van der Waals surface area contributed by atoms with E-state index in [0.29, 0.717) is 30.3 Å². The summed E-state index contributed by atoms with van der Waals surface area (Å²) < 4.78 is 21.7. The van der Waals surface area contributed by atoms with Crippen molar-refractivity contribution >= 4 is 10.8 Å². The molecule has 0 saturated heterocycles. The molecule has 0 bridgehead atoms. The largest absolute Gasteiger partial charge is 0.497 e. The zero-order chi connectivity index (χ0) is 14.8. The van der Waals surface area contributed by atoms with Gasteiger partial charge in [-0.3, -0.25) is 4.21 Å². The van der Waals surface area contributed by atoms with Crippen LogP contribution >= 0.6 is 0 Å². The fraction of sp³-hybridized carbons (Fsp3) is 0.571. The molecule has 1 rings (SSSR count). The predicted molar refractivity (Wildman–Crippen MR) is 80.9 cm³/mol. The highest BCUT2D eigenvalue weighted by atomic mass is 32.2. The molecule has 0 radical (unpaired) electrons. The summed E-state index contributed by atoms with van der Waals surface area (Å²) in [6.07, 6.45) is -0.591. The van der Waals surface area contributed by atoms with Crippen molar-refractivity contribution in [3.8, 4) is 11.5 Å². The molecule has 1 aromatic rings. The second-order valence-electron chi connectivity index (χ2n) is 4.28. The third kappa shape index (κ3) is 6.88. The van der Waals surface area contributed by atoms with Crippen LogP contribution in [0.3, 0.4) is 0 Å². The Hall–Kier alpha value is -1.11. The molecule has 0 aliphatic heterocycles. The van der Waals surface area contributed by atoms with Gasteiger partial charge in [-0.1, -0.05) is 6.92 Å². The molecule has 0 spiro atoms. The molecule has 0 aromatic heterocycles. The van der Waals surface area contributed by atoms with E-state index in [0.717, 1.165) is 5.75 Å². The maximum atomic E-state index is 11.2. The van der Waals surface area contributed by atoms with E-state index >= 15 is 0 Å². The van der Waals surface area contributed by atoms with E-state index < -0.39 is 16.9 Å². The van der Waals surface area contributed by atoms with Gasteiger partial charge in [0.25, 0.3) is 0 Å². The van der Waals surface area contributed by atoms with E-state index in [-0.39, 0.29) is 6.61 Å². The van der Waals surface area contributed by atoms with Crippen LogP contribution in [0.2, 0.25) is 0 Å². The predicted octanol–water partition coefficient (Wildman–Crippen LogP) is 0.793. The second kappa shape index (κ2) is 9.74. The molecular weight excluding hydrogens is 278 g/mol. The third-order valence-corrected chi connectivity index (χ3v) is 4.01. The smallest absolute Gasteiger partial charge is 0.119 e. The van der Waals surface area contributed by atoms with Gasteiger partial charge in [-0.2, -0.15) is 0 Å². The Morgan fingerprint density at radius 3 is 2.55 bits per heavy atom. The van der Waals surface area contributed by atoms with Gasteiger partial charge in [-0.15, -0.1) is 0 Å². The van der Waals surface area contributed by atoms with Crippen LogP contribution in [0.1, 0.15) is 6.92 Å². The van der Waals surface area contributed by atoms with Crippen molar-refractivity contribution in [3.05, 3.63) is 24.3 Å². The van der Waals surface area contributed by atoms with Crippen molar-refractivity contribution in [1.82, 2.24) is 5.32 Å². The highest BCUT2D eigenvalue weighted by Crippen LogP contribution is 2.16. The lowest BCUT2D eigenvalue weighted by Gasteiger charge is -2.13. The standard InChI is InChI=1S/C14H23NO4S/c1-3-20(17)9-8-15-10-12(16)11-19-14-6-4-13(18-2)5-7-14/h4-7,12,15-16H,3,8-11H2,1-2H3. The molecule has 0 amide bonds. The van der Waals surface area contributed by atoms with Crippen LogP contribution in [-0.4, -0.2) is 53.7 Å². The molecule has 114 valence electrons. The molecule has 0 fully saturated rings. The average molecular weight is 301 g/mol. The Bertz CT molecular complexity index is 397. The first-order chi connectivity index (χ1) is 9.65. The van der Waals surface area contributed by atoms with Crippen molar-refractivity contribution in [3.63, 3.8) is 0 Å². The number of hydrogen-bond acceptors (Lipinski definition) is 5. The van der Waals surface area contributed by atoms with Gasteiger partial charge in [0, 0.05) is 35.4 Å². The van der Waals surface area contributed by atoms with Gasteiger partial charge >= 0.3 is 0 Å². The zero-order valence-corrected chi connectivity index (χ0v) is 12.8. The van der Waals surface area contributed by atoms with Gasteiger partial charge in [0.15, 0.2) is 0 Å². The normalized spacial score (nSPS) is 13.8. The molecule has 5 nitrogen and oxygen atoms in total. The summed E-state index contributed by atoms with van der Waals surface area (Å²) in [5.41, 5.74) is 0. The summed E-state index contributed by atoms with van der Waals surface area (Å²) in [4.78, 5) is 0. The van der Waals surface area contributed by atoms with Crippen LogP contribution in [0, 0.1) is 0 Å². The molecule has 6 heteroatoms. The first-order valence-electron chi connectivity index (χ1n) is 6.66. The van der Waals surface area contributed by atoms with Gasteiger partial charge in [-0.05, 0) is 24.3 Å². The fourth-order valence-electron chi connectivity index (χ4n) is 1.52. The Kier molecular flexibility index (Phi) is 8.25. The number of hydrogen-bond donors (Lipinski definition) is 2. The molecule has 2 atom stereocenters. The minimum absolute atomic E-state index is 0.218. The topological polar surface area (TPSA) is 67.8 Å². The van der Waals surface area contributed by atoms with E-state index in [4.69, 9.17) is 9.47 Å². The number of ether oxygens (including phenoxy) is 2. The Balaban J connectivity index is 2.15. The van der Waals surface area contributed by atoms with Crippen LogP contribution in [-0.2, 0) is 10.8 Å².